The summed E-state index contributed by atoms with van der Waals surface area (Å²) in [6, 6.07) is 4.91. The summed E-state index contributed by atoms with van der Waals surface area (Å²) in [7, 11) is 5.27. The Kier molecular flexibility index (Phi) is 6.85. The normalized spacial score (nSPS) is 10.4. The van der Waals surface area contributed by atoms with Gasteiger partial charge < -0.3 is 19.6 Å². The number of aromatic carboxylic acids is 1. The van der Waals surface area contributed by atoms with E-state index in [-0.39, 0.29) is 18.1 Å². The SMILES string of the molecule is CCCCOCC(=O)N(C)c1cc(N(C)C)ccc1C(=O)O. The van der Waals surface area contributed by atoms with Crippen molar-refractivity contribution in [1.29, 1.82) is 0 Å². The predicted octanol–water partition coefficient (Wildman–Crippen LogP) is 2.23. The molecule has 1 aromatic carbocycles. The zero-order valence-electron chi connectivity index (χ0n) is 13.6. The van der Waals surface area contributed by atoms with Crippen LogP contribution in [0.3, 0.4) is 0 Å². The molecule has 1 aromatic rings. The van der Waals surface area contributed by atoms with E-state index in [9.17, 15) is 14.7 Å². The minimum absolute atomic E-state index is 0.0538. The second-order valence-corrected chi connectivity index (χ2v) is 5.26. The van der Waals surface area contributed by atoms with E-state index in [2.05, 4.69) is 0 Å². The maximum Gasteiger partial charge on any atom is 0.337 e. The van der Waals surface area contributed by atoms with E-state index >= 15 is 0 Å². The summed E-state index contributed by atoms with van der Waals surface area (Å²) in [4.78, 5) is 26.7. The fraction of sp³-hybridized carbons (Fsp3) is 0.500. The number of benzene rings is 1. The molecule has 0 fully saturated rings. The number of nitrogens with zero attached hydrogens (tertiary/aromatic N) is 2. The van der Waals surface area contributed by atoms with Gasteiger partial charge in [-0.1, -0.05) is 13.3 Å². The Morgan fingerprint density at radius 2 is 1.91 bits per heavy atom. The highest BCUT2D eigenvalue weighted by atomic mass is 16.5. The van der Waals surface area contributed by atoms with Crippen molar-refractivity contribution in [1.82, 2.24) is 0 Å². The number of carboxylic acids is 1. The fourth-order valence-electron chi connectivity index (χ4n) is 1.89. The molecule has 6 nitrogen and oxygen atoms in total. The molecule has 0 unspecified atom stereocenters. The molecule has 0 aliphatic heterocycles. The van der Waals surface area contributed by atoms with Gasteiger partial charge in [0.05, 0.1) is 11.3 Å². The van der Waals surface area contributed by atoms with Gasteiger partial charge in [-0.25, -0.2) is 4.79 Å². The van der Waals surface area contributed by atoms with E-state index in [0.29, 0.717) is 12.3 Å². The predicted molar refractivity (Wildman–Crippen MR) is 86.9 cm³/mol. The van der Waals surface area contributed by atoms with E-state index in [1.165, 1.54) is 11.0 Å². The number of carbonyl (C=O) groups is 2. The van der Waals surface area contributed by atoms with Crippen LogP contribution in [0.2, 0.25) is 0 Å². The van der Waals surface area contributed by atoms with Crippen LogP contribution in [0.4, 0.5) is 11.4 Å². The standard InChI is InChI=1S/C16H24N2O4/c1-5-6-9-22-11-15(19)18(4)14-10-12(17(2)3)7-8-13(14)16(20)21/h7-8,10H,5-6,9,11H2,1-4H3,(H,20,21). The molecule has 122 valence electrons. The van der Waals surface area contributed by atoms with Gasteiger partial charge in [0.25, 0.3) is 5.91 Å². The molecule has 1 N–H and O–H groups in total. The highest BCUT2D eigenvalue weighted by Crippen LogP contribution is 2.25. The largest absolute Gasteiger partial charge is 0.478 e. The molecule has 0 saturated heterocycles. The van der Waals surface area contributed by atoms with Gasteiger partial charge in [-0.15, -0.1) is 0 Å². The molecular weight excluding hydrogens is 284 g/mol. The third-order valence-corrected chi connectivity index (χ3v) is 3.33. The first-order valence-corrected chi connectivity index (χ1v) is 7.27. The van der Waals surface area contributed by atoms with Crippen LogP contribution in [0, 0.1) is 0 Å². The van der Waals surface area contributed by atoms with E-state index in [1.807, 2.05) is 25.9 Å². The molecule has 0 heterocycles. The van der Waals surface area contributed by atoms with Crippen LogP contribution in [0.15, 0.2) is 18.2 Å². The lowest BCUT2D eigenvalue weighted by Crippen LogP contribution is -2.31. The average molecular weight is 308 g/mol. The molecule has 1 amide bonds. The third kappa shape index (κ3) is 4.73. The highest BCUT2D eigenvalue weighted by Gasteiger charge is 2.19. The Labute approximate surface area is 131 Å². The number of carboxylic acid groups (broad SMARTS) is 1. The summed E-state index contributed by atoms with van der Waals surface area (Å²) in [5.41, 5.74) is 1.28. The molecule has 22 heavy (non-hydrogen) atoms. The lowest BCUT2D eigenvalue weighted by molar-refractivity contribution is -0.122. The summed E-state index contributed by atoms with van der Waals surface area (Å²) in [6.07, 6.45) is 1.89. The number of hydrogen-bond acceptors (Lipinski definition) is 4. The molecule has 0 aromatic heterocycles. The molecule has 1 rings (SSSR count). The van der Waals surface area contributed by atoms with Gasteiger partial charge in [0.1, 0.15) is 6.61 Å². The van der Waals surface area contributed by atoms with Gasteiger partial charge in [-0.05, 0) is 24.6 Å². The molecular formula is C16H24N2O4. The van der Waals surface area contributed by atoms with Crippen molar-refractivity contribution in [3.05, 3.63) is 23.8 Å². The summed E-state index contributed by atoms with van der Waals surface area (Å²) < 4.78 is 5.31. The van der Waals surface area contributed by atoms with Gasteiger partial charge in [-0.3, -0.25) is 4.79 Å². The fourth-order valence-corrected chi connectivity index (χ4v) is 1.89. The average Bonchev–Trinajstić information content (AvgIpc) is 2.49. The van der Waals surface area contributed by atoms with Crippen LogP contribution in [0.25, 0.3) is 0 Å². The van der Waals surface area contributed by atoms with Crippen molar-refractivity contribution in [3.63, 3.8) is 0 Å². The van der Waals surface area contributed by atoms with Crippen molar-refractivity contribution in [2.75, 3.05) is 44.2 Å². The summed E-state index contributed by atoms with van der Waals surface area (Å²) >= 11 is 0. The summed E-state index contributed by atoms with van der Waals surface area (Å²) in [5.74, 6) is -1.33. The maximum absolute atomic E-state index is 12.2. The molecule has 0 spiro atoms. The first kappa shape index (κ1) is 18.0. The van der Waals surface area contributed by atoms with Crippen LogP contribution in [0.1, 0.15) is 30.1 Å². The van der Waals surface area contributed by atoms with Crippen molar-refractivity contribution < 1.29 is 19.4 Å². The summed E-state index contributed by atoms with van der Waals surface area (Å²) in [5, 5.41) is 9.29. The molecule has 0 saturated carbocycles. The maximum atomic E-state index is 12.2. The monoisotopic (exact) mass is 308 g/mol. The summed E-state index contributed by atoms with van der Waals surface area (Å²) in [6.45, 7) is 2.52. The van der Waals surface area contributed by atoms with Crippen molar-refractivity contribution in [3.8, 4) is 0 Å². The Bertz CT molecular complexity index is 529. The smallest absolute Gasteiger partial charge is 0.337 e. The lowest BCUT2D eigenvalue weighted by atomic mass is 10.1. The number of hydrogen-bond donors (Lipinski definition) is 1. The van der Waals surface area contributed by atoms with E-state index < -0.39 is 5.97 Å². The Balaban J connectivity index is 2.93. The van der Waals surface area contributed by atoms with Crippen LogP contribution in [-0.4, -0.2) is 51.3 Å². The molecule has 0 aliphatic rings. The third-order valence-electron chi connectivity index (χ3n) is 3.33. The quantitative estimate of drug-likeness (QED) is 0.746. The van der Waals surface area contributed by atoms with Gasteiger partial charge in [-0.2, -0.15) is 0 Å². The van der Waals surface area contributed by atoms with Crippen molar-refractivity contribution in [2.24, 2.45) is 0 Å². The van der Waals surface area contributed by atoms with E-state index in [4.69, 9.17) is 4.74 Å². The van der Waals surface area contributed by atoms with Gasteiger partial charge >= 0.3 is 5.97 Å². The van der Waals surface area contributed by atoms with Crippen LogP contribution < -0.4 is 9.80 Å². The van der Waals surface area contributed by atoms with Crippen molar-refractivity contribution in [2.45, 2.75) is 19.8 Å². The second kappa shape index (κ2) is 8.38. The number of carbonyl (C=O) groups excluding carboxylic acids is 1. The molecule has 0 atom stereocenters. The van der Waals surface area contributed by atoms with Crippen LogP contribution >= 0.6 is 0 Å². The Hall–Kier alpha value is -2.08. The van der Waals surface area contributed by atoms with Crippen LogP contribution in [0.5, 0.6) is 0 Å². The lowest BCUT2D eigenvalue weighted by Gasteiger charge is -2.22. The zero-order valence-corrected chi connectivity index (χ0v) is 13.6. The first-order chi connectivity index (χ1) is 10.4. The molecule has 6 heteroatoms. The number of ether oxygens (including phenoxy) is 1. The van der Waals surface area contributed by atoms with Crippen LogP contribution in [-0.2, 0) is 9.53 Å². The number of anilines is 2. The van der Waals surface area contributed by atoms with E-state index in [1.54, 1.807) is 19.2 Å². The Morgan fingerprint density at radius 3 is 2.45 bits per heavy atom. The van der Waals surface area contributed by atoms with Crippen molar-refractivity contribution >= 4 is 23.3 Å². The number of unbranched alkanes of at least 4 members (excludes halogenated alkanes) is 1. The minimum atomic E-state index is -1.06. The first-order valence-electron chi connectivity index (χ1n) is 7.27. The number of rotatable bonds is 8. The topological polar surface area (TPSA) is 70.1 Å². The number of likely N-dealkylation sites (N-methyl/N-ethyl adjacent to an activating group) is 1. The Morgan fingerprint density at radius 1 is 1.23 bits per heavy atom. The highest BCUT2D eigenvalue weighted by molar-refractivity contribution is 6.02. The van der Waals surface area contributed by atoms with Gasteiger partial charge in [0.2, 0.25) is 0 Å². The molecule has 0 aliphatic carbocycles. The zero-order chi connectivity index (χ0) is 16.7. The number of amides is 1. The molecule has 0 bridgehead atoms. The second-order valence-electron chi connectivity index (χ2n) is 5.26. The minimum Gasteiger partial charge on any atom is -0.478 e. The molecule has 0 radical (unpaired) electrons. The van der Waals surface area contributed by atoms with E-state index in [0.717, 1.165) is 18.5 Å². The van der Waals surface area contributed by atoms with Gasteiger partial charge in [0.15, 0.2) is 0 Å². The van der Waals surface area contributed by atoms with Gasteiger partial charge in [0, 0.05) is 33.4 Å².